The lowest BCUT2D eigenvalue weighted by Crippen LogP contribution is -2.43. The number of rotatable bonds is 7. The molecular formula is C29H28N8O. The number of hydrogen-bond donors (Lipinski definition) is 2. The fourth-order valence-electron chi connectivity index (χ4n) is 4.28. The number of nitrogens with zero attached hydrogens (tertiary/aromatic N) is 6. The first-order valence-corrected chi connectivity index (χ1v) is 12.5. The normalized spacial score (nSPS) is 13.5. The molecule has 0 atom stereocenters. The lowest BCUT2D eigenvalue weighted by atomic mass is 10.1. The molecule has 0 radical (unpaired) electrons. The molecule has 2 N–H and O–H groups in total. The molecule has 38 heavy (non-hydrogen) atoms. The second kappa shape index (κ2) is 11.5. The van der Waals surface area contributed by atoms with Crippen molar-refractivity contribution in [3.05, 3.63) is 95.9 Å². The highest BCUT2D eigenvalue weighted by atomic mass is 16.1. The minimum absolute atomic E-state index is 0.177. The van der Waals surface area contributed by atoms with Crippen LogP contribution in [0.25, 0.3) is 11.3 Å². The molecule has 9 nitrogen and oxygen atoms in total. The number of carbonyl (C=O) groups excluding carboxylic acids is 1. The number of pyridine rings is 1. The SMILES string of the molecule is Cc1ccc(NC(=O)c2ccc(CN3CCN(C#N)CC3)cc2)cc1Nc1nccc(-c2cccnc2)n1. The van der Waals surface area contributed by atoms with Crippen LogP contribution in [-0.2, 0) is 6.54 Å². The topological polar surface area (TPSA) is 110 Å². The van der Waals surface area contributed by atoms with E-state index < -0.39 is 0 Å². The molecule has 2 aromatic heterocycles. The lowest BCUT2D eigenvalue weighted by molar-refractivity contribution is 0.102. The number of carbonyl (C=O) groups is 1. The third kappa shape index (κ3) is 6.11. The average molecular weight is 505 g/mol. The van der Waals surface area contributed by atoms with Crippen molar-refractivity contribution in [2.24, 2.45) is 0 Å². The van der Waals surface area contributed by atoms with Crippen molar-refractivity contribution in [1.29, 1.82) is 5.26 Å². The zero-order valence-electron chi connectivity index (χ0n) is 21.1. The highest BCUT2D eigenvalue weighted by Gasteiger charge is 2.16. The number of anilines is 3. The summed E-state index contributed by atoms with van der Waals surface area (Å²) < 4.78 is 0. The number of amides is 1. The van der Waals surface area contributed by atoms with E-state index in [0.717, 1.165) is 60.8 Å². The van der Waals surface area contributed by atoms with Crippen molar-refractivity contribution < 1.29 is 4.79 Å². The monoisotopic (exact) mass is 504 g/mol. The summed E-state index contributed by atoms with van der Waals surface area (Å²) in [5.41, 5.74) is 5.88. The molecule has 190 valence electrons. The van der Waals surface area contributed by atoms with Gasteiger partial charge in [0.15, 0.2) is 6.19 Å². The quantitative estimate of drug-likeness (QED) is 0.356. The highest BCUT2D eigenvalue weighted by Crippen LogP contribution is 2.24. The van der Waals surface area contributed by atoms with Gasteiger partial charge in [0.2, 0.25) is 5.95 Å². The Kier molecular flexibility index (Phi) is 7.52. The Labute approximate surface area is 221 Å². The zero-order chi connectivity index (χ0) is 26.3. The van der Waals surface area contributed by atoms with E-state index in [-0.39, 0.29) is 5.91 Å². The summed E-state index contributed by atoms with van der Waals surface area (Å²) in [5.74, 6) is 0.284. The fraction of sp³-hybridized carbons (Fsp3) is 0.207. The zero-order valence-corrected chi connectivity index (χ0v) is 21.1. The van der Waals surface area contributed by atoms with Crippen molar-refractivity contribution >= 4 is 23.2 Å². The van der Waals surface area contributed by atoms with Crippen LogP contribution >= 0.6 is 0 Å². The Morgan fingerprint density at radius 2 is 1.84 bits per heavy atom. The molecule has 0 spiro atoms. The summed E-state index contributed by atoms with van der Waals surface area (Å²) in [6, 6.07) is 19.0. The molecule has 0 unspecified atom stereocenters. The van der Waals surface area contributed by atoms with Gasteiger partial charge < -0.3 is 15.5 Å². The second-order valence-electron chi connectivity index (χ2n) is 9.18. The van der Waals surface area contributed by atoms with Gasteiger partial charge in [-0.15, -0.1) is 0 Å². The fourth-order valence-corrected chi connectivity index (χ4v) is 4.28. The summed E-state index contributed by atoms with van der Waals surface area (Å²) in [5, 5.41) is 15.3. The third-order valence-corrected chi connectivity index (χ3v) is 6.49. The van der Waals surface area contributed by atoms with Crippen LogP contribution in [0.2, 0.25) is 0 Å². The Hall–Kier alpha value is -4.81. The summed E-state index contributed by atoms with van der Waals surface area (Å²) >= 11 is 0. The van der Waals surface area contributed by atoms with Gasteiger partial charge in [-0.2, -0.15) is 5.26 Å². The molecule has 1 fully saturated rings. The maximum Gasteiger partial charge on any atom is 0.255 e. The van der Waals surface area contributed by atoms with Crippen molar-refractivity contribution in [3.63, 3.8) is 0 Å². The van der Waals surface area contributed by atoms with E-state index in [4.69, 9.17) is 5.26 Å². The molecule has 0 saturated carbocycles. The maximum absolute atomic E-state index is 12.9. The van der Waals surface area contributed by atoms with Gasteiger partial charge in [0.05, 0.1) is 5.69 Å². The summed E-state index contributed by atoms with van der Waals surface area (Å²) in [7, 11) is 0. The molecule has 1 saturated heterocycles. The molecule has 2 aromatic carbocycles. The standard InChI is InChI=1S/C29H28N8O/c1-21-4-9-25(17-27(21)35-29-32-12-10-26(34-29)24-3-2-11-31-18-24)33-28(38)23-7-5-22(6-8-23)19-36-13-15-37(20-30)16-14-36/h2-12,17-18H,13-16,19H2,1H3,(H,33,38)(H,32,34,35). The number of aryl methyl sites for hydroxylation is 1. The first kappa shape index (κ1) is 24.9. The van der Waals surface area contributed by atoms with Crippen LogP contribution in [0, 0.1) is 18.4 Å². The molecular weight excluding hydrogens is 476 g/mol. The second-order valence-corrected chi connectivity index (χ2v) is 9.18. The number of piperazine rings is 1. The van der Waals surface area contributed by atoms with Crippen LogP contribution in [0.1, 0.15) is 21.5 Å². The smallest absolute Gasteiger partial charge is 0.255 e. The summed E-state index contributed by atoms with van der Waals surface area (Å²) in [4.78, 5) is 30.1. The van der Waals surface area contributed by atoms with Crippen molar-refractivity contribution in [1.82, 2.24) is 24.8 Å². The van der Waals surface area contributed by atoms with Crippen LogP contribution in [0.3, 0.4) is 0 Å². The number of hydrogen-bond acceptors (Lipinski definition) is 8. The molecule has 9 heteroatoms. The maximum atomic E-state index is 12.9. The van der Waals surface area contributed by atoms with Crippen LogP contribution < -0.4 is 10.6 Å². The summed E-state index contributed by atoms with van der Waals surface area (Å²) in [6.07, 6.45) is 7.39. The molecule has 1 aliphatic heterocycles. The number of aromatic nitrogens is 3. The van der Waals surface area contributed by atoms with Gasteiger partial charge in [0.25, 0.3) is 5.91 Å². The van der Waals surface area contributed by atoms with E-state index >= 15 is 0 Å². The van der Waals surface area contributed by atoms with Crippen LogP contribution in [0.5, 0.6) is 0 Å². The van der Waals surface area contributed by atoms with E-state index in [1.807, 2.05) is 67.6 Å². The molecule has 1 aliphatic rings. The molecule has 5 rings (SSSR count). The third-order valence-electron chi connectivity index (χ3n) is 6.49. The number of nitriles is 1. The predicted octanol–water partition coefficient (Wildman–Crippen LogP) is 4.44. The van der Waals surface area contributed by atoms with Crippen molar-refractivity contribution in [2.75, 3.05) is 36.8 Å². The van der Waals surface area contributed by atoms with Crippen molar-refractivity contribution in [3.8, 4) is 17.5 Å². The van der Waals surface area contributed by atoms with Gasteiger partial charge in [-0.1, -0.05) is 18.2 Å². The predicted molar refractivity (Wildman–Crippen MR) is 147 cm³/mol. The minimum Gasteiger partial charge on any atom is -0.324 e. The lowest BCUT2D eigenvalue weighted by Gasteiger charge is -2.31. The van der Waals surface area contributed by atoms with Gasteiger partial charge in [-0.05, 0) is 60.5 Å². The van der Waals surface area contributed by atoms with Crippen LogP contribution in [0.4, 0.5) is 17.3 Å². The van der Waals surface area contributed by atoms with E-state index in [0.29, 0.717) is 17.2 Å². The van der Waals surface area contributed by atoms with E-state index in [9.17, 15) is 4.79 Å². The van der Waals surface area contributed by atoms with Gasteiger partial charge >= 0.3 is 0 Å². The Morgan fingerprint density at radius 1 is 1.03 bits per heavy atom. The number of benzene rings is 2. The summed E-state index contributed by atoms with van der Waals surface area (Å²) in [6.45, 7) is 6.02. The van der Waals surface area contributed by atoms with Gasteiger partial charge in [0.1, 0.15) is 0 Å². The Balaban J connectivity index is 1.22. The number of nitrogens with one attached hydrogen (secondary N) is 2. The van der Waals surface area contributed by atoms with E-state index in [1.165, 1.54) is 0 Å². The molecule has 4 aromatic rings. The molecule has 3 heterocycles. The van der Waals surface area contributed by atoms with Gasteiger partial charge in [-0.25, -0.2) is 9.97 Å². The van der Waals surface area contributed by atoms with Crippen LogP contribution in [0.15, 0.2) is 79.3 Å². The van der Waals surface area contributed by atoms with E-state index in [1.54, 1.807) is 23.5 Å². The Morgan fingerprint density at radius 3 is 2.58 bits per heavy atom. The largest absolute Gasteiger partial charge is 0.324 e. The van der Waals surface area contributed by atoms with Crippen LogP contribution in [-0.4, -0.2) is 56.8 Å². The molecule has 0 bridgehead atoms. The van der Waals surface area contributed by atoms with E-state index in [2.05, 4.69) is 36.7 Å². The minimum atomic E-state index is -0.177. The molecule has 0 aliphatic carbocycles. The molecule has 1 amide bonds. The average Bonchev–Trinajstić information content (AvgIpc) is 2.96. The first-order chi connectivity index (χ1) is 18.6. The Bertz CT molecular complexity index is 1440. The highest BCUT2D eigenvalue weighted by molar-refractivity contribution is 6.04. The van der Waals surface area contributed by atoms with Crippen molar-refractivity contribution in [2.45, 2.75) is 13.5 Å². The van der Waals surface area contributed by atoms with Gasteiger partial charge in [-0.3, -0.25) is 14.7 Å². The van der Waals surface area contributed by atoms with Gasteiger partial charge in [0, 0.05) is 73.8 Å². The first-order valence-electron chi connectivity index (χ1n) is 12.5.